The van der Waals surface area contributed by atoms with E-state index in [9.17, 15) is 18.4 Å². The minimum absolute atomic E-state index is 0.145. The second-order valence-electron chi connectivity index (χ2n) is 6.37. The molecule has 144 valence electrons. The van der Waals surface area contributed by atoms with Gasteiger partial charge in [-0.05, 0) is 24.1 Å². The molecule has 0 aliphatic rings. The molecule has 0 spiro atoms. The summed E-state index contributed by atoms with van der Waals surface area (Å²) in [6, 6.07) is 12.0. The predicted molar refractivity (Wildman–Crippen MR) is 100 cm³/mol. The summed E-state index contributed by atoms with van der Waals surface area (Å²) >= 11 is 0. The molecule has 2 amide bonds. The van der Waals surface area contributed by atoms with Crippen LogP contribution in [0.15, 0.2) is 48.5 Å². The van der Waals surface area contributed by atoms with Gasteiger partial charge in [0.2, 0.25) is 5.91 Å². The fraction of sp³-hybridized carbons (Fsp3) is 0.333. The molecule has 0 radical (unpaired) electrons. The van der Waals surface area contributed by atoms with Gasteiger partial charge in [-0.25, -0.2) is 8.78 Å². The van der Waals surface area contributed by atoms with Crippen LogP contribution in [0, 0.1) is 11.6 Å². The van der Waals surface area contributed by atoms with Crippen molar-refractivity contribution in [3.05, 3.63) is 71.3 Å². The average molecular weight is 374 g/mol. The van der Waals surface area contributed by atoms with Crippen LogP contribution < -0.4 is 10.6 Å². The molecule has 27 heavy (non-hydrogen) atoms. The van der Waals surface area contributed by atoms with Crippen LogP contribution in [0.1, 0.15) is 54.6 Å². The molecule has 0 bridgehead atoms. The fourth-order valence-electron chi connectivity index (χ4n) is 2.80. The molecular formula is C21H24F2N2O2. The SMILES string of the molecule is CCCCCC(NC(=O)CNC(=O)c1cc(F)cc(F)c1)c1ccccc1. The van der Waals surface area contributed by atoms with E-state index in [2.05, 4.69) is 17.6 Å². The summed E-state index contributed by atoms with van der Waals surface area (Å²) in [6.07, 6.45) is 3.93. The summed E-state index contributed by atoms with van der Waals surface area (Å²) in [7, 11) is 0. The average Bonchev–Trinajstić information content (AvgIpc) is 2.65. The van der Waals surface area contributed by atoms with Crippen molar-refractivity contribution in [3.8, 4) is 0 Å². The fourth-order valence-corrected chi connectivity index (χ4v) is 2.80. The predicted octanol–water partition coefficient (Wildman–Crippen LogP) is 4.13. The normalized spacial score (nSPS) is 11.7. The van der Waals surface area contributed by atoms with Crippen molar-refractivity contribution in [1.82, 2.24) is 10.6 Å². The van der Waals surface area contributed by atoms with E-state index in [1.807, 2.05) is 30.3 Å². The monoisotopic (exact) mass is 374 g/mol. The van der Waals surface area contributed by atoms with Crippen LogP contribution in [-0.4, -0.2) is 18.4 Å². The summed E-state index contributed by atoms with van der Waals surface area (Å²) in [5, 5.41) is 5.31. The van der Waals surface area contributed by atoms with Crippen LogP contribution in [0.5, 0.6) is 0 Å². The Kier molecular flexibility index (Phi) is 7.92. The number of rotatable bonds is 9. The molecule has 0 aromatic heterocycles. The molecule has 1 unspecified atom stereocenters. The molecule has 2 rings (SSSR count). The summed E-state index contributed by atoms with van der Waals surface area (Å²) < 4.78 is 26.4. The number of hydrogen-bond acceptors (Lipinski definition) is 2. The molecule has 0 aliphatic carbocycles. The van der Waals surface area contributed by atoms with Gasteiger partial charge < -0.3 is 10.6 Å². The summed E-state index contributed by atoms with van der Waals surface area (Å²) in [6.45, 7) is 1.84. The van der Waals surface area contributed by atoms with Crippen LogP contribution in [0.2, 0.25) is 0 Å². The zero-order valence-corrected chi connectivity index (χ0v) is 15.3. The van der Waals surface area contributed by atoms with Gasteiger partial charge in [-0.15, -0.1) is 0 Å². The summed E-state index contributed by atoms with van der Waals surface area (Å²) in [4.78, 5) is 24.3. The third kappa shape index (κ3) is 6.81. The lowest BCUT2D eigenvalue weighted by Crippen LogP contribution is -2.38. The van der Waals surface area contributed by atoms with Gasteiger partial charge in [0.1, 0.15) is 11.6 Å². The molecule has 1 atom stereocenters. The van der Waals surface area contributed by atoms with E-state index < -0.39 is 17.5 Å². The highest BCUT2D eigenvalue weighted by molar-refractivity contribution is 5.96. The number of benzene rings is 2. The van der Waals surface area contributed by atoms with Crippen LogP contribution in [0.3, 0.4) is 0 Å². The van der Waals surface area contributed by atoms with Crippen molar-refractivity contribution >= 4 is 11.8 Å². The van der Waals surface area contributed by atoms with Crippen molar-refractivity contribution in [2.24, 2.45) is 0 Å². The van der Waals surface area contributed by atoms with Crippen molar-refractivity contribution in [1.29, 1.82) is 0 Å². The van der Waals surface area contributed by atoms with Gasteiger partial charge in [0.05, 0.1) is 12.6 Å². The largest absolute Gasteiger partial charge is 0.348 e. The molecule has 0 heterocycles. The lowest BCUT2D eigenvalue weighted by molar-refractivity contribution is -0.120. The van der Waals surface area contributed by atoms with Gasteiger partial charge >= 0.3 is 0 Å². The zero-order chi connectivity index (χ0) is 19.6. The number of amides is 2. The summed E-state index contributed by atoms with van der Waals surface area (Å²) in [5.41, 5.74) is 0.836. The molecule has 0 aliphatic heterocycles. The Morgan fingerprint density at radius 3 is 2.30 bits per heavy atom. The maximum Gasteiger partial charge on any atom is 0.251 e. The Labute approximate surface area is 158 Å². The minimum Gasteiger partial charge on any atom is -0.348 e. The first kappa shape index (κ1) is 20.6. The first-order valence-electron chi connectivity index (χ1n) is 9.08. The van der Waals surface area contributed by atoms with Gasteiger partial charge in [0, 0.05) is 11.6 Å². The smallest absolute Gasteiger partial charge is 0.251 e. The van der Waals surface area contributed by atoms with Crippen molar-refractivity contribution < 1.29 is 18.4 Å². The molecule has 2 aromatic rings. The van der Waals surface area contributed by atoms with Crippen molar-refractivity contribution in [3.63, 3.8) is 0 Å². The Balaban J connectivity index is 1.93. The molecule has 2 N–H and O–H groups in total. The maximum atomic E-state index is 13.2. The lowest BCUT2D eigenvalue weighted by Gasteiger charge is -2.19. The Bertz CT molecular complexity index is 746. The van der Waals surface area contributed by atoms with Crippen LogP contribution >= 0.6 is 0 Å². The van der Waals surface area contributed by atoms with Gasteiger partial charge in [0.25, 0.3) is 5.91 Å². The first-order chi connectivity index (χ1) is 13.0. The van der Waals surface area contributed by atoms with Crippen LogP contribution in [0.4, 0.5) is 8.78 Å². The minimum atomic E-state index is -0.843. The Morgan fingerprint density at radius 1 is 1.00 bits per heavy atom. The van der Waals surface area contributed by atoms with Gasteiger partial charge in [-0.3, -0.25) is 9.59 Å². The number of hydrogen-bond donors (Lipinski definition) is 2. The van der Waals surface area contributed by atoms with E-state index in [0.29, 0.717) is 6.07 Å². The lowest BCUT2D eigenvalue weighted by atomic mass is 10.0. The molecule has 0 fully saturated rings. The number of halogens is 2. The second-order valence-corrected chi connectivity index (χ2v) is 6.37. The topological polar surface area (TPSA) is 58.2 Å². The first-order valence-corrected chi connectivity index (χ1v) is 9.08. The van der Waals surface area contributed by atoms with Gasteiger partial charge in [-0.2, -0.15) is 0 Å². The summed E-state index contributed by atoms with van der Waals surface area (Å²) in [5.74, 6) is -2.74. The molecule has 0 saturated carbocycles. The molecule has 2 aromatic carbocycles. The van der Waals surface area contributed by atoms with Crippen LogP contribution in [0.25, 0.3) is 0 Å². The highest BCUT2D eigenvalue weighted by atomic mass is 19.1. The highest BCUT2D eigenvalue weighted by Gasteiger charge is 2.16. The number of carbonyl (C=O) groups is 2. The van der Waals surface area contributed by atoms with E-state index in [1.165, 1.54) is 0 Å². The van der Waals surface area contributed by atoms with E-state index in [0.717, 1.165) is 43.4 Å². The number of unbranched alkanes of at least 4 members (excludes halogenated alkanes) is 2. The quantitative estimate of drug-likeness (QED) is 0.649. The Hall–Kier alpha value is -2.76. The van der Waals surface area contributed by atoms with Crippen molar-refractivity contribution in [2.45, 2.75) is 38.6 Å². The second kappa shape index (κ2) is 10.4. The van der Waals surface area contributed by atoms with Gasteiger partial charge in [-0.1, -0.05) is 56.5 Å². The van der Waals surface area contributed by atoms with E-state index in [4.69, 9.17) is 0 Å². The van der Waals surface area contributed by atoms with Crippen molar-refractivity contribution in [2.75, 3.05) is 6.54 Å². The van der Waals surface area contributed by atoms with E-state index in [-0.39, 0.29) is 24.1 Å². The highest BCUT2D eigenvalue weighted by Crippen LogP contribution is 2.19. The molecule has 4 nitrogen and oxygen atoms in total. The number of carbonyl (C=O) groups excluding carboxylic acids is 2. The molecular weight excluding hydrogens is 350 g/mol. The third-order valence-corrected chi connectivity index (χ3v) is 4.17. The van der Waals surface area contributed by atoms with Gasteiger partial charge in [0.15, 0.2) is 0 Å². The maximum absolute atomic E-state index is 13.2. The Morgan fingerprint density at radius 2 is 1.67 bits per heavy atom. The van der Waals surface area contributed by atoms with E-state index in [1.54, 1.807) is 0 Å². The van der Waals surface area contributed by atoms with E-state index >= 15 is 0 Å². The molecule has 0 saturated heterocycles. The third-order valence-electron chi connectivity index (χ3n) is 4.17. The van der Waals surface area contributed by atoms with Crippen LogP contribution in [-0.2, 0) is 4.79 Å². The standard InChI is InChI=1S/C21H24F2N2O2/c1-2-3-5-10-19(15-8-6-4-7-9-15)25-20(26)14-24-21(27)16-11-17(22)13-18(23)12-16/h4,6-9,11-13,19H,2-3,5,10,14H2,1H3,(H,24,27)(H,25,26). The zero-order valence-electron chi connectivity index (χ0n) is 15.3. The number of nitrogens with one attached hydrogen (secondary N) is 2. The molecule has 6 heteroatoms.